The first-order valence-electron chi connectivity index (χ1n) is 7.49. The number of nitrogens with one attached hydrogen (secondary N) is 1. The number of ether oxygens (including phenoxy) is 2. The van der Waals surface area contributed by atoms with E-state index in [0.717, 1.165) is 12.1 Å². The van der Waals surface area contributed by atoms with Crippen molar-refractivity contribution in [3.05, 3.63) is 48.0 Å². The molecule has 0 aromatic heterocycles. The van der Waals surface area contributed by atoms with Crippen LogP contribution in [0.2, 0.25) is 0 Å². The second-order valence-corrected chi connectivity index (χ2v) is 5.64. The molecule has 1 saturated heterocycles. The van der Waals surface area contributed by atoms with Crippen molar-refractivity contribution >= 4 is 5.91 Å². The van der Waals surface area contributed by atoms with Gasteiger partial charge in [0.1, 0.15) is 5.60 Å². The van der Waals surface area contributed by atoms with E-state index in [2.05, 4.69) is 5.32 Å². The number of hydrogen-bond acceptors (Lipinski definition) is 4. The van der Waals surface area contributed by atoms with Crippen LogP contribution in [0.1, 0.15) is 5.56 Å². The van der Waals surface area contributed by atoms with Gasteiger partial charge in [0.15, 0.2) is 0 Å². The molecule has 0 saturated carbocycles. The van der Waals surface area contributed by atoms with Crippen LogP contribution in [0.15, 0.2) is 42.5 Å². The molecule has 1 unspecified atom stereocenters. The SMILES string of the molecule is CN(C)C/C=C/C(=O)NCC1(c2ccccc2)COCCO1. The number of benzene rings is 1. The fraction of sp³-hybridized carbons (Fsp3) is 0.471. The number of hydrogen-bond donors (Lipinski definition) is 1. The molecule has 0 bridgehead atoms. The Kier molecular flexibility index (Phi) is 6.12. The topological polar surface area (TPSA) is 50.8 Å². The molecule has 0 spiro atoms. The number of nitrogens with zero attached hydrogens (tertiary/aromatic N) is 1. The van der Waals surface area contributed by atoms with Crippen LogP contribution >= 0.6 is 0 Å². The van der Waals surface area contributed by atoms with E-state index in [0.29, 0.717) is 26.4 Å². The average molecular weight is 304 g/mol. The number of likely N-dealkylation sites (N-methyl/N-ethyl adjacent to an activating group) is 1. The molecule has 1 amide bonds. The Hall–Kier alpha value is -1.69. The highest BCUT2D eigenvalue weighted by Crippen LogP contribution is 2.28. The van der Waals surface area contributed by atoms with E-state index in [1.165, 1.54) is 0 Å². The summed E-state index contributed by atoms with van der Waals surface area (Å²) in [6.45, 7) is 2.68. The Bertz CT molecular complexity index is 494. The van der Waals surface area contributed by atoms with Crippen LogP contribution < -0.4 is 5.32 Å². The van der Waals surface area contributed by atoms with Crippen molar-refractivity contribution in [3.63, 3.8) is 0 Å². The summed E-state index contributed by atoms with van der Waals surface area (Å²) in [5, 5.41) is 2.92. The molecule has 1 aliphatic heterocycles. The first kappa shape index (κ1) is 16.7. The normalized spacial score (nSPS) is 22.1. The van der Waals surface area contributed by atoms with Gasteiger partial charge in [-0.05, 0) is 19.7 Å². The van der Waals surface area contributed by atoms with E-state index < -0.39 is 5.60 Å². The van der Waals surface area contributed by atoms with Gasteiger partial charge in [-0.2, -0.15) is 0 Å². The second-order valence-electron chi connectivity index (χ2n) is 5.64. The third-order valence-electron chi connectivity index (χ3n) is 3.53. The predicted molar refractivity (Wildman–Crippen MR) is 85.6 cm³/mol. The highest BCUT2D eigenvalue weighted by molar-refractivity contribution is 5.87. The second kappa shape index (κ2) is 8.08. The summed E-state index contributed by atoms with van der Waals surface area (Å²) >= 11 is 0. The molecule has 0 radical (unpaired) electrons. The summed E-state index contributed by atoms with van der Waals surface area (Å²) in [4.78, 5) is 13.9. The zero-order valence-corrected chi connectivity index (χ0v) is 13.2. The predicted octanol–water partition coefficient (Wildman–Crippen LogP) is 1.16. The van der Waals surface area contributed by atoms with E-state index in [4.69, 9.17) is 9.47 Å². The lowest BCUT2D eigenvalue weighted by atomic mass is 9.93. The Morgan fingerprint density at radius 2 is 2.09 bits per heavy atom. The van der Waals surface area contributed by atoms with E-state index in [1.54, 1.807) is 6.08 Å². The van der Waals surface area contributed by atoms with Gasteiger partial charge < -0.3 is 19.7 Å². The Morgan fingerprint density at radius 3 is 2.73 bits per heavy atom. The minimum atomic E-state index is -0.607. The highest BCUT2D eigenvalue weighted by atomic mass is 16.6. The molecule has 5 nitrogen and oxygen atoms in total. The molecular weight excluding hydrogens is 280 g/mol. The first-order valence-corrected chi connectivity index (χ1v) is 7.49. The van der Waals surface area contributed by atoms with Gasteiger partial charge >= 0.3 is 0 Å². The highest BCUT2D eigenvalue weighted by Gasteiger charge is 2.36. The van der Waals surface area contributed by atoms with Crippen LogP contribution in [0.25, 0.3) is 0 Å². The molecule has 0 aliphatic carbocycles. The largest absolute Gasteiger partial charge is 0.376 e. The number of carbonyl (C=O) groups is 1. The van der Waals surface area contributed by atoms with Crippen LogP contribution in [0.3, 0.4) is 0 Å². The van der Waals surface area contributed by atoms with Gasteiger partial charge in [0, 0.05) is 12.6 Å². The average Bonchev–Trinajstić information content (AvgIpc) is 2.54. The van der Waals surface area contributed by atoms with Gasteiger partial charge in [0.25, 0.3) is 0 Å². The minimum absolute atomic E-state index is 0.119. The van der Waals surface area contributed by atoms with Crippen molar-refractivity contribution < 1.29 is 14.3 Å². The Labute approximate surface area is 131 Å². The van der Waals surface area contributed by atoms with Gasteiger partial charge in [-0.3, -0.25) is 4.79 Å². The van der Waals surface area contributed by atoms with Crippen LogP contribution in [0.4, 0.5) is 0 Å². The third-order valence-corrected chi connectivity index (χ3v) is 3.53. The molecule has 1 heterocycles. The molecular formula is C17H24N2O3. The Balaban J connectivity index is 1.99. The van der Waals surface area contributed by atoms with E-state index in [1.807, 2.05) is 55.4 Å². The lowest BCUT2D eigenvalue weighted by molar-refractivity contribution is -0.162. The van der Waals surface area contributed by atoms with Crippen molar-refractivity contribution in [3.8, 4) is 0 Å². The molecule has 1 atom stereocenters. The maximum absolute atomic E-state index is 11.9. The van der Waals surface area contributed by atoms with Gasteiger partial charge in [0.2, 0.25) is 5.91 Å². The first-order chi connectivity index (χ1) is 10.6. The summed E-state index contributed by atoms with van der Waals surface area (Å²) in [5.41, 5.74) is 0.414. The van der Waals surface area contributed by atoms with Gasteiger partial charge in [0.05, 0.1) is 26.4 Å². The van der Waals surface area contributed by atoms with Crippen LogP contribution in [0.5, 0.6) is 0 Å². The minimum Gasteiger partial charge on any atom is -0.376 e. The van der Waals surface area contributed by atoms with E-state index in [-0.39, 0.29) is 5.91 Å². The molecule has 1 N–H and O–H groups in total. The monoisotopic (exact) mass is 304 g/mol. The zero-order chi connectivity index (χ0) is 15.8. The van der Waals surface area contributed by atoms with Crippen molar-refractivity contribution in [2.45, 2.75) is 5.60 Å². The molecule has 1 aliphatic rings. The van der Waals surface area contributed by atoms with Gasteiger partial charge in [-0.25, -0.2) is 0 Å². The summed E-state index contributed by atoms with van der Waals surface area (Å²) in [7, 11) is 3.92. The Morgan fingerprint density at radius 1 is 1.32 bits per heavy atom. The van der Waals surface area contributed by atoms with Crippen molar-refractivity contribution in [2.75, 3.05) is 47.0 Å². The van der Waals surface area contributed by atoms with Crippen molar-refractivity contribution in [1.82, 2.24) is 10.2 Å². The summed E-state index contributed by atoms with van der Waals surface area (Å²) in [5.74, 6) is -0.119. The van der Waals surface area contributed by atoms with Gasteiger partial charge in [-0.15, -0.1) is 0 Å². The fourth-order valence-electron chi connectivity index (χ4n) is 2.35. The smallest absolute Gasteiger partial charge is 0.243 e. The number of carbonyl (C=O) groups excluding carboxylic acids is 1. The molecule has 5 heteroatoms. The summed E-state index contributed by atoms with van der Waals surface area (Å²) in [6.07, 6.45) is 3.39. The maximum Gasteiger partial charge on any atom is 0.243 e. The molecule has 120 valence electrons. The zero-order valence-electron chi connectivity index (χ0n) is 13.2. The lowest BCUT2D eigenvalue weighted by Gasteiger charge is -2.37. The molecule has 1 aromatic carbocycles. The van der Waals surface area contributed by atoms with Crippen molar-refractivity contribution in [1.29, 1.82) is 0 Å². The number of rotatable bonds is 6. The molecule has 1 fully saturated rings. The van der Waals surface area contributed by atoms with Crippen LogP contribution in [-0.4, -0.2) is 57.8 Å². The molecule has 22 heavy (non-hydrogen) atoms. The molecule has 1 aromatic rings. The summed E-state index contributed by atoms with van der Waals surface area (Å²) < 4.78 is 11.6. The standard InChI is InChI=1S/C17H24N2O3/c1-19(2)10-6-9-16(20)18-13-17(14-21-11-12-22-17)15-7-4-3-5-8-15/h3-9H,10-14H2,1-2H3,(H,18,20)/b9-6+. The van der Waals surface area contributed by atoms with Gasteiger partial charge in [-0.1, -0.05) is 36.4 Å². The fourth-order valence-corrected chi connectivity index (χ4v) is 2.35. The van der Waals surface area contributed by atoms with E-state index in [9.17, 15) is 4.79 Å². The number of amides is 1. The lowest BCUT2D eigenvalue weighted by Crippen LogP contribution is -2.49. The van der Waals surface area contributed by atoms with Crippen LogP contribution in [0, 0.1) is 0 Å². The summed E-state index contributed by atoms with van der Waals surface area (Å²) in [6, 6.07) is 9.90. The molecule has 2 rings (SSSR count). The van der Waals surface area contributed by atoms with Crippen molar-refractivity contribution in [2.24, 2.45) is 0 Å². The van der Waals surface area contributed by atoms with E-state index >= 15 is 0 Å². The van der Waals surface area contributed by atoms with Crippen LogP contribution in [-0.2, 0) is 19.9 Å². The quantitative estimate of drug-likeness (QED) is 0.802. The third kappa shape index (κ3) is 4.66. The maximum atomic E-state index is 11.9.